The van der Waals surface area contributed by atoms with Crippen LogP contribution in [0.25, 0.3) is 11.3 Å². The summed E-state index contributed by atoms with van der Waals surface area (Å²) >= 11 is 1.42. The zero-order chi connectivity index (χ0) is 26.3. The summed E-state index contributed by atoms with van der Waals surface area (Å²) in [4.78, 5) is 13.5. The summed E-state index contributed by atoms with van der Waals surface area (Å²) in [5.41, 5.74) is 0.745. The summed E-state index contributed by atoms with van der Waals surface area (Å²) < 4.78 is 46.6. The van der Waals surface area contributed by atoms with Gasteiger partial charge in [0.1, 0.15) is 11.3 Å². The van der Waals surface area contributed by atoms with Crippen LogP contribution in [-0.2, 0) is 15.6 Å². The molecule has 2 aromatic heterocycles. The number of fused-ring (bicyclic) bond motifs is 1. The van der Waals surface area contributed by atoms with Gasteiger partial charge in [-0.2, -0.15) is 21.2 Å². The van der Waals surface area contributed by atoms with Crippen LogP contribution in [0.15, 0.2) is 44.6 Å². The van der Waals surface area contributed by atoms with Gasteiger partial charge in [-0.05, 0) is 42.0 Å². The highest BCUT2D eigenvalue weighted by Crippen LogP contribution is 2.52. The third kappa shape index (κ3) is 5.36. The first-order valence-corrected chi connectivity index (χ1v) is 15.4. The van der Waals surface area contributed by atoms with Gasteiger partial charge in [-0.3, -0.25) is 23.2 Å². The minimum absolute atomic E-state index is 0.104. The molecule has 0 spiro atoms. The smallest absolute Gasteiger partial charge is 0.348 e. The fourth-order valence-electron chi connectivity index (χ4n) is 3.65. The van der Waals surface area contributed by atoms with Gasteiger partial charge in [0, 0.05) is 30.9 Å². The van der Waals surface area contributed by atoms with Gasteiger partial charge >= 0.3 is 7.52 Å². The van der Waals surface area contributed by atoms with Gasteiger partial charge in [0.05, 0.1) is 16.7 Å². The number of hydrogen-bond donors (Lipinski definition) is 5. The predicted octanol–water partition coefficient (Wildman–Crippen LogP) is 4.77. The van der Waals surface area contributed by atoms with Gasteiger partial charge in [-0.15, -0.1) is 10.8 Å². The van der Waals surface area contributed by atoms with Crippen LogP contribution in [0.2, 0.25) is 0 Å². The highest BCUT2D eigenvalue weighted by molar-refractivity contribution is 8.24. The maximum atomic E-state index is 13.8. The lowest BCUT2D eigenvalue weighted by Gasteiger charge is -2.30. The van der Waals surface area contributed by atoms with Crippen molar-refractivity contribution in [3.63, 3.8) is 0 Å². The molecule has 0 aliphatic carbocycles. The number of benzene rings is 1. The third-order valence-corrected chi connectivity index (χ3v) is 8.67. The Bertz CT molecular complexity index is 1420. The second kappa shape index (κ2) is 10.0. The van der Waals surface area contributed by atoms with Gasteiger partial charge in [0.15, 0.2) is 11.6 Å². The van der Waals surface area contributed by atoms with E-state index in [9.17, 15) is 23.6 Å². The molecule has 3 aromatic rings. The molecule has 1 unspecified atom stereocenters. The first kappa shape index (κ1) is 26.4. The van der Waals surface area contributed by atoms with E-state index in [4.69, 9.17) is 4.52 Å². The quantitative estimate of drug-likeness (QED) is 0.248. The highest BCUT2D eigenvalue weighted by atomic mass is 32.3. The van der Waals surface area contributed by atoms with E-state index in [2.05, 4.69) is 19.9 Å². The van der Waals surface area contributed by atoms with Crippen molar-refractivity contribution in [3.8, 4) is 17.0 Å². The Labute approximate surface area is 213 Å². The van der Waals surface area contributed by atoms with E-state index in [1.807, 2.05) is 19.2 Å². The summed E-state index contributed by atoms with van der Waals surface area (Å²) in [5, 5.41) is 22.4. The molecule has 0 saturated heterocycles. The van der Waals surface area contributed by atoms with Crippen LogP contribution in [0.4, 0.5) is 11.4 Å². The van der Waals surface area contributed by atoms with Gasteiger partial charge in [-0.25, -0.2) is 4.68 Å². The Balaban J connectivity index is 1.88. The number of aromatic hydroxyl groups is 1. The van der Waals surface area contributed by atoms with Gasteiger partial charge in [0.25, 0.3) is 5.56 Å². The van der Waals surface area contributed by atoms with Crippen LogP contribution in [0, 0.1) is 5.92 Å². The van der Waals surface area contributed by atoms with Crippen LogP contribution >= 0.6 is 29.6 Å². The van der Waals surface area contributed by atoms with Gasteiger partial charge in [-0.1, -0.05) is 13.8 Å². The fraction of sp³-hybridized carbons (Fsp3) is 0.318. The third-order valence-electron chi connectivity index (χ3n) is 5.43. The Morgan fingerprint density at radius 1 is 1.31 bits per heavy atom. The summed E-state index contributed by atoms with van der Waals surface area (Å²) in [5.74, 6) is -0.168. The van der Waals surface area contributed by atoms with E-state index >= 15 is 0 Å². The Morgan fingerprint density at radius 3 is 2.67 bits per heavy atom. The molecule has 5 N–H and O–H groups in total. The first-order chi connectivity index (χ1) is 16.9. The molecule has 0 bridgehead atoms. The molecule has 0 amide bonds. The largest absolute Gasteiger partial charge is 0.505 e. The lowest BCUT2D eigenvalue weighted by molar-refractivity contribution is 0.404. The zero-order valence-electron chi connectivity index (χ0n) is 20.1. The number of nitrogens with zero attached hydrogens (tertiary/aromatic N) is 3. The molecular formula is C22H28N5O6PS2. The number of amidine groups is 1. The molecule has 14 heteroatoms. The molecule has 4 rings (SSSR count). The van der Waals surface area contributed by atoms with Crippen molar-refractivity contribution in [2.75, 3.05) is 23.4 Å². The van der Waals surface area contributed by atoms with Crippen molar-refractivity contribution in [2.24, 2.45) is 10.7 Å². The topological polar surface area (TPSA) is 158 Å². The maximum Gasteiger partial charge on any atom is 0.348 e. The standard InChI is InChI=1S/C22H28N5O6PS2/c1-13(2)7-9-27-22(29)18(20(28)19(24-27)14-8-10-35-12-14)21-23-16-6-5-15(26-36(4,31)32)11-17(16)34(30,25-21)33-3/h5-6,8,10-13,26,28,31-32H,7,9H2,1-4H3,(H,23,25,30). The second-order valence-corrected chi connectivity index (χ2v) is 13.5. The molecule has 1 aliphatic rings. The molecule has 1 aromatic carbocycles. The maximum absolute atomic E-state index is 13.8. The number of aromatic nitrogens is 2. The molecule has 0 fully saturated rings. The van der Waals surface area contributed by atoms with E-state index in [-0.39, 0.29) is 28.1 Å². The van der Waals surface area contributed by atoms with Crippen molar-refractivity contribution in [2.45, 2.75) is 26.8 Å². The van der Waals surface area contributed by atoms with Crippen LogP contribution in [0.5, 0.6) is 5.75 Å². The van der Waals surface area contributed by atoms with E-state index in [1.165, 1.54) is 35.5 Å². The summed E-state index contributed by atoms with van der Waals surface area (Å²) in [6.45, 7) is 4.39. The molecule has 3 heterocycles. The number of thiophene rings is 1. The number of hydrogen-bond acceptors (Lipinski definition) is 10. The molecule has 1 aliphatic heterocycles. The minimum atomic E-state index is -3.91. The van der Waals surface area contributed by atoms with E-state index < -0.39 is 23.9 Å². The summed E-state index contributed by atoms with van der Waals surface area (Å²) in [7, 11) is -5.75. The van der Waals surface area contributed by atoms with Crippen LogP contribution in [-0.4, -0.2) is 43.2 Å². The van der Waals surface area contributed by atoms with Crippen molar-refractivity contribution < 1.29 is 23.3 Å². The van der Waals surface area contributed by atoms with Crippen molar-refractivity contribution in [1.29, 1.82) is 0 Å². The normalized spacial score (nSPS) is 17.9. The van der Waals surface area contributed by atoms with Gasteiger partial charge < -0.3 is 14.9 Å². The Kier molecular flexibility index (Phi) is 7.33. The van der Waals surface area contributed by atoms with Crippen LogP contribution in [0.3, 0.4) is 0 Å². The average Bonchev–Trinajstić information content (AvgIpc) is 3.32. The van der Waals surface area contributed by atoms with Gasteiger partial charge in [0.2, 0.25) is 0 Å². The number of anilines is 2. The van der Waals surface area contributed by atoms with Crippen molar-refractivity contribution in [1.82, 2.24) is 9.78 Å². The number of nitrogens with one attached hydrogen (secondary N) is 2. The molecule has 194 valence electrons. The lowest BCUT2D eigenvalue weighted by Crippen LogP contribution is -2.35. The van der Waals surface area contributed by atoms with Crippen LogP contribution in [0.1, 0.15) is 25.8 Å². The molecule has 11 nitrogen and oxygen atoms in total. The Hall–Kier alpha value is -2.67. The Morgan fingerprint density at radius 2 is 2.06 bits per heavy atom. The highest BCUT2D eigenvalue weighted by Gasteiger charge is 2.36. The lowest BCUT2D eigenvalue weighted by atomic mass is 10.1. The average molecular weight is 554 g/mol. The molecule has 1 atom stereocenters. The van der Waals surface area contributed by atoms with E-state index in [0.717, 1.165) is 0 Å². The second-order valence-electron chi connectivity index (χ2n) is 8.74. The number of rotatable bonds is 8. The molecular weight excluding hydrogens is 525 g/mol. The SMILES string of the molecule is COP1(=O)N=C(c2c(O)c(-c3ccsc3)nn(CCC(C)C)c2=O)Nc2ccc(NS(C)(O)O)cc21. The van der Waals surface area contributed by atoms with Crippen molar-refractivity contribution in [3.05, 3.63) is 50.9 Å². The summed E-state index contributed by atoms with van der Waals surface area (Å²) in [6.07, 6.45) is 1.91. The van der Waals surface area contributed by atoms with Crippen molar-refractivity contribution >= 4 is 52.1 Å². The monoisotopic (exact) mass is 553 g/mol. The fourth-order valence-corrected chi connectivity index (χ4v) is 6.40. The number of aryl methyl sites for hydroxylation is 1. The summed E-state index contributed by atoms with van der Waals surface area (Å²) in [6, 6.07) is 6.33. The molecule has 0 saturated carbocycles. The van der Waals surface area contributed by atoms with E-state index in [1.54, 1.807) is 23.6 Å². The minimum Gasteiger partial charge on any atom is -0.505 e. The molecule has 36 heavy (non-hydrogen) atoms. The van der Waals surface area contributed by atoms with Crippen LogP contribution < -0.4 is 20.9 Å². The van der Waals surface area contributed by atoms with E-state index in [0.29, 0.717) is 35.8 Å². The predicted molar refractivity (Wildman–Crippen MR) is 146 cm³/mol. The molecule has 0 radical (unpaired) electrons. The first-order valence-electron chi connectivity index (χ1n) is 11.0. The zero-order valence-corrected chi connectivity index (χ0v) is 22.7.